The van der Waals surface area contributed by atoms with E-state index in [0.29, 0.717) is 45.1 Å². The molecule has 2 aliphatic rings. The van der Waals surface area contributed by atoms with E-state index in [1.54, 1.807) is 172 Å². The lowest BCUT2D eigenvalue weighted by Gasteiger charge is -2.32. The van der Waals surface area contributed by atoms with E-state index >= 15 is 4.79 Å². The van der Waals surface area contributed by atoms with E-state index < -0.39 is 217 Å². The van der Waals surface area contributed by atoms with Crippen LogP contribution in [0.3, 0.4) is 0 Å². The molecule has 0 saturated carbocycles. The lowest BCUT2D eigenvalue weighted by molar-refractivity contribution is -0.149. The summed E-state index contributed by atoms with van der Waals surface area (Å²) in [7, 11) is 0. The first kappa shape index (κ1) is 99.4. The van der Waals surface area contributed by atoms with Gasteiger partial charge in [-0.2, -0.15) is 37.0 Å². The fraction of sp³-hybridized carbons (Fsp3) is 0.438. The number of carbonyl (C=O) groups is 16. The lowest BCUT2D eigenvalue weighted by Crippen LogP contribution is -2.61. The molecule has 0 spiro atoms. The molecule has 14 atom stereocenters. The largest absolute Gasteiger partial charge is 0.481 e. The minimum absolute atomic E-state index is 0.0260. The Kier molecular flexibility index (Phi) is 38.2. The number of nitrogens with zero attached hydrogens (tertiary/aromatic N) is 2. The van der Waals surface area contributed by atoms with Gasteiger partial charge in [0.2, 0.25) is 76.8 Å². The van der Waals surface area contributed by atoms with Crippen LogP contribution in [0.25, 0.3) is 21.8 Å². The van der Waals surface area contributed by atoms with Crippen LogP contribution < -0.4 is 64.2 Å². The molecule has 686 valence electrons. The zero-order chi connectivity index (χ0) is 92.7. The van der Waals surface area contributed by atoms with Crippen molar-refractivity contribution in [3.63, 3.8) is 0 Å². The fourth-order valence-electron chi connectivity index (χ4n) is 15.4. The quantitative estimate of drug-likeness (QED) is 0.0239. The zero-order valence-electron chi connectivity index (χ0n) is 71.0. The Morgan fingerprint density at radius 2 is 0.758 bits per heavy atom. The number of H-pyrrole nitrogens is 2. The van der Waals surface area contributed by atoms with Gasteiger partial charge in [0, 0.05) is 97.3 Å². The molecule has 13 amide bonds. The van der Waals surface area contributed by atoms with E-state index in [1.165, 1.54) is 21.6 Å². The highest BCUT2D eigenvalue weighted by atomic mass is 32.2. The number of carboxylic acids is 3. The maximum Gasteiger partial charge on any atom is 0.326 e. The van der Waals surface area contributed by atoms with E-state index in [4.69, 9.17) is 5.73 Å². The third kappa shape index (κ3) is 28.8. The number of aromatic nitrogens is 2. The van der Waals surface area contributed by atoms with Crippen molar-refractivity contribution in [2.75, 3.05) is 43.2 Å². The van der Waals surface area contributed by atoms with Crippen LogP contribution in [0, 0.1) is 5.92 Å². The summed E-state index contributed by atoms with van der Waals surface area (Å²) in [5, 5.41) is 70.7. The molecule has 0 unspecified atom stereocenters. The number of carboxylic acid groups (broad SMARTS) is 3. The summed E-state index contributed by atoms with van der Waals surface area (Å²) >= 11 is 10.1. The monoisotopic (exact) mass is 1820 g/mol. The van der Waals surface area contributed by atoms with Gasteiger partial charge in [0.25, 0.3) is 0 Å². The summed E-state index contributed by atoms with van der Waals surface area (Å²) in [5.74, 6) is -16.5. The Morgan fingerprint density at radius 3 is 1.20 bits per heavy atom. The van der Waals surface area contributed by atoms with Crippen molar-refractivity contribution in [3.05, 3.63) is 180 Å². The topological polar surface area (TPSA) is 550 Å². The Bertz CT molecular complexity index is 5050. The summed E-state index contributed by atoms with van der Waals surface area (Å²) in [6, 6.07) is 19.4. The van der Waals surface area contributed by atoms with Gasteiger partial charge in [-0.05, 0) is 116 Å². The number of para-hydroxylation sites is 2. The first-order chi connectivity index (χ1) is 61.4. The Hall–Kier alpha value is -12.3. The van der Waals surface area contributed by atoms with E-state index in [1.807, 2.05) is 0 Å². The number of aliphatic hydroxyl groups is 1. The second-order valence-electron chi connectivity index (χ2n) is 32.0. The third-order valence-corrected chi connectivity index (χ3v) is 23.5. The predicted molar refractivity (Wildman–Crippen MR) is 482 cm³/mol. The summed E-state index contributed by atoms with van der Waals surface area (Å²) < 4.78 is 0. The van der Waals surface area contributed by atoms with Gasteiger partial charge in [-0.15, -0.1) is 0 Å². The van der Waals surface area contributed by atoms with E-state index in [9.17, 15) is 92.3 Å². The summed E-state index contributed by atoms with van der Waals surface area (Å²) in [5.41, 5.74) is 10.6. The summed E-state index contributed by atoms with van der Waals surface area (Å²) in [6.07, 6.45) is 2.84. The average Bonchev–Trinajstić information content (AvgIpc) is 1.67. The maximum absolute atomic E-state index is 15.1. The van der Waals surface area contributed by atoms with Crippen molar-refractivity contribution in [3.8, 4) is 0 Å². The number of nitrogens with one attached hydrogen (secondary N) is 13. The molecule has 4 heterocycles. The van der Waals surface area contributed by atoms with E-state index in [0.717, 1.165) is 10.9 Å². The average molecular weight is 1820 g/mol. The third-order valence-electron chi connectivity index (χ3n) is 22.1. The van der Waals surface area contributed by atoms with Gasteiger partial charge in [0.1, 0.15) is 78.5 Å². The first-order valence-corrected chi connectivity index (χ1v) is 44.9. The minimum atomic E-state index is -1.73. The van der Waals surface area contributed by atoms with Gasteiger partial charge in [-0.3, -0.25) is 71.9 Å². The standard InChI is InChI=1S/C89H112N16O20S3/c1-50(2)39-67(87(122)104-36-17-29-72(104)86(121)98-65(42-53-23-11-6-12-24-53)81(116)102-71(49-127)85(120)101-69(47-106)83(118)100-68(88(123)105-37-18-30-73(105)89(124)125)44-55-46-92-60-28-16-14-26-57(55)60)99-78(113)62(32-34-75(109)110)94-80(115)64(41-52-21-9-5-10-22-52)96-79(114)63(35-38-128-3)95-84(119)70(48-126)103-82(117)66(43-54-45-91-59-27-15-13-25-56(54)59)97-77(112)61(31-33-74(107)108)93-76(111)58(90)40-51-19-7-4-8-20-51/h4-16,19-28,45-46,50,58,61-73,91-92,106,126-127H,17-18,29-44,47-49,90H2,1-3H3,(H,93,111)(H,94,115)(H,95,119)(H,96,114)(H,97,112)(H,98,121)(H,99,113)(H,100,118)(H,101,120)(H,102,116)(H,103,117)(H,107,108)(H,109,110)(H,124,125)/t58-,61-,62-,63-,64-,65-,66-,67-,68-,69-,70-,71-,72-,73-/m0/s1. The first-order valence-electron chi connectivity index (χ1n) is 42.3. The number of rotatable bonds is 49. The number of hydrogen-bond acceptors (Lipinski definition) is 21. The Morgan fingerprint density at radius 1 is 0.414 bits per heavy atom. The number of nitrogens with two attached hydrogens (primary N) is 1. The number of thiol groups is 2. The molecule has 2 fully saturated rings. The molecule has 19 N–H and O–H groups in total. The molecule has 36 nitrogen and oxygen atoms in total. The number of aromatic amines is 2. The molecule has 7 aromatic rings. The number of carbonyl (C=O) groups excluding carboxylic acids is 13. The Balaban J connectivity index is 0.878. The highest BCUT2D eigenvalue weighted by molar-refractivity contribution is 7.98. The number of fused-ring (bicyclic) bond motifs is 2. The smallest absolute Gasteiger partial charge is 0.326 e. The van der Waals surface area contributed by atoms with Crippen LogP contribution in [0.15, 0.2) is 152 Å². The van der Waals surface area contributed by atoms with Crippen molar-refractivity contribution in [1.29, 1.82) is 0 Å². The maximum atomic E-state index is 15.1. The molecule has 2 aliphatic heterocycles. The molecular weight excluding hydrogens is 1710 g/mol. The van der Waals surface area contributed by atoms with Gasteiger partial charge in [0.15, 0.2) is 0 Å². The van der Waals surface area contributed by atoms with Crippen LogP contribution >= 0.6 is 37.0 Å². The molecular formula is C89H112N16O20S3. The van der Waals surface area contributed by atoms with Crippen molar-refractivity contribution in [2.45, 2.75) is 195 Å². The van der Waals surface area contributed by atoms with Gasteiger partial charge >= 0.3 is 17.9 Å². The number of aliphatic carboxylic acids is 3. The molecule has 128 heavy (non-hydrogen) atoms. The van der Waals surface area contributed by atoms with Gasteiger partial charge in [-0.25, -0.2) is 4.79 Å². The van der Waals surface area contributed by atoms with Gasteiger partial charge in [-0.1, -0.05) is 141 Å². The summed E-state index contributed by atoms with van der Waals surface area (Å²) in [4.78, 5) is 234. The molecule has 0 bridgehead atoms. The fourth-order valence-corrected chi connectivity index (χ4v) is 16.4. The highest BCUT2D eigenvalue weighted by Gasteiger charge is 2.44. The van der Waals surface area contributed by atoms with Gasteiger partial charge in [0.05, 0.1) is 12.6 Å². The van der Waals surface area contributed by atoms with Crippen LogP contribution in [0.1, 0.15) is 106 Å². The number of aliphatic hydroxyl groups excluding tert-OH is 1. The molecule has 0 aliphatic carbocycles. The molecule has 5 aromatic carbocycles. The zero-order valence-corrected chi connectivity index (χ0v) is 73.6. The molecule has 2 saturated heterocycles. The van der Waals surface area contributed by atoms with Gasteiger partial charge < -0.3 is 104 Å². The van der Waals surface area contributed by atoms with E-state index in [-0.39, 0.29) is 94.7 Å². The highest BCUT2D eigenvalue weighted by Crippen LogP contribution is 2.27. The number of likely N-dealkylation sites (tertiary alicyclic amines) is 2. The second kappa shape index (κ2) is 49.1. The number of amides is 13. The van der Waals surface area contributed by atoms with Crippen molar-refractivity contribution in [1.82, 2.24) is 78.3 Å². The number of thioether (sulfide) groups is 1. The predicted octanol–water partition coefficient (Wildman–Crippen LogP) is 1.27. The lowest BCUT2D eigenvalue weighted by atomic mass is 10.00. The normalized spacial score (nSPS) is 16.5. The molecule has 0 radical (unpaired) electrons. The molecule has 39 heteroatoms. The second-order valence-corrected chi connectivity index (χ2v) is 33.7. The van der Waals surface area contributed by atoms with E-state index in [2.05, 4.69) is 93.7 Å². The minimum Gasteiger partial charge on any atom is -0.481 e. The van der Waals surface area contributed by atoms with Crippen molar-refractivity contribution in [2.24, 2.45) is 11.7 Å². The van der Waals surface area contributed by atoms with Crippen LogP contribution in [0.4, 0.5) is 0 Å². The molecule has 2 aromatic heterocycles. The van der Waals surface area contributed by atoms with Crippen LogP contribution in [0.2, 0.25) is 0 Å². The number of hydrogen-bond donors (Lipinski definition) is 20. The van der Waals surface area contributed by atoms with Crippen molar-refractivity contribution >= 4 is 154 Å². The number of benzene rings is 5. The van der Waals surface area contributed by atoms with Crippen LogP contribution in [0.5, 0.6) is 0 Å². The Labute approximate surface area is 754 Å². The van der Waals surface area contributed by atoms with Crippen LogP contribution in [-0.4, -0.2) is 263 Å². The van der Waals surface area contributed by atoms with Crippen LogP contribution in [-0.2, 0) is 109 Å². The summed E-state index contributed by atoms with van der Waals surface area (Å²) in [6.45, 7) is 2.57. The SMILES string of the molecule is CSCC[C@H](NC(=O)[C@H](CS)NC(=O)[C@H](Cc1c[nH]c2ccccc12)NC(=O)[C@H](CCC(=O)O)NC(=O)[C@@H](N)Cc1ccccc1)C(=O)N[C@@H](Cc1ccccc1)C(=O)N[C@@H](CCC(=O)O)C(=O)N[C@@H](CC(C)C)C(=O)N1CCC[C@H]1C(=O)N[C@@H](Cc1ccccc1)C(=O)N[C@@H](CS)C(=O)N[C@@H](CO)C(=O)N[C@@H](Cc1c[nH]c2ccccc12)C(=O)N1CCC[C@H]1C(=O)O. The molecule has 9 rings (SSSR count). The van der Waals surface area contributed by atoms with Crippen molar-refractivity contribution < 1.29 is 97.1 Å².